The van der Waals surface area contributed by atoms with Gasteiger partial charge in [-0.1, -0.05) is 23.8 Å². The lowest BCUT2D eigenvalue weighted by Gasteiger charge is -2.34. The van der Waals surface area contributed by atoms with Gasteiger partial charge in [0, 0.05) is 30.5 Å². The molecule has 1 aliphatic carbocycles. The van der Waals surface area contributed by atoms with Crippen LogP contribution in [0.4, 0.5) is 15.8 Å². The summed E-state index contributed by atoms with van der Waals surface area (Å²) < 4.78 is 13.8. The van der Waals surface area contributed by atoms with Crippen LogP contribution in [0.2, 0.25) is 0 Å². The molecule has 5 heteroatoms. The highest BCUT2D eigenvalue weighted by molar-refractivity contribution is 6.04. The van der Waals surface area contributed by atoms with Crippen LogP contribution in [0.1, 0.15) is 55.3 Å². The number of anilines is 2. The van der Waals surface area contributed by atoms with Crippen molar-refractivity contribution in [3.8, 4) is 0 Å². The number of allylic oxidation sites excluding steroid dienone is 1. The van der Waals surface area contributed by atoms with Crippen LogP contribution < -0.4 is 15.5 Å². The average molecular weight is 422 g/mol. The Labute approximate surface area is 184 Å². The molecular weight excluding hydrogens is 389 g/mol. The first kappa shape index (κ1) is 21.6. The molecule has 1 heterocycles. The molecule has 1 amide bonds. The number of nitrogens with zero attached hydrogens (tertiary/aromatic N) is 1. The van der Waals surface area contributed by atoms with Gasteiger partial charge in [0.2, 0.25) is 0 Å². The Bertz CT molecular complexity index is 901. The predicted octanol–water partition coefficient (Wildman–Crippen LogP) is 5.53. The molecular formula is C26H32FN3O. The van der Waals surface area contributed by atoms with Crippen molar-refractivity contribution in [2.24, 2.45) is 0 Å². The molecule has 0 saturated carbocycles. The van der Waals surface area contributed by atoms with Crippen LogP contribution in [0.5, 0.6) is 0 Å². The molecule has 1 fully saturated rings. The summed E-state index contributed by atoms with van der Waals surface area (Å²) >= 11 is 0. The Morgan fingerprint density at radius 2 is 1.81 bits per heavy atom. The molecule has 4 nitrogen and oxygen atoms in total. The largest absolute Gasteiger partial charge is 0.371 e. The van der Waals surface area contributed by atoms with Gasteiger partial charge in [-0.3, -0.25) is 4.79 Å². The fourth-order valence-corrected chi connectivity index (χ4v) is 4.51. The van der Waals surface area contributed by atoms with Crippen LogP contribution in [-0.2, 0) is 0 Å². The lowest BCUT2D eigenvalue weighted by atomic mass is 9.97. The highest BCUT2D eigenvalue weighted by Gasteiger charge is 2.19. The molecule has 31 heavy (non-hydrogen) atoms. The summed E-state index contributed by atoms with van der Waals surface area (Å²) in [5.74, 6) is -0.940. The van der Waals surface area contributed by atoms with E-state index in [2.05, 4.69) is 21.6 Å². The Morgan fingerprint density at radius 3 is 2.52 bits per heavy atom. The van der Waals surface area contributed by atoms with E-state index in [-0.39, 0.29) is 5.56 Å². The lowest BCUT2D eigenvalue weighted by Crippen LogP contribution is -2.42. The second-order valence-corrected chi connectivity index (χ2v) is 8.55. The van der Waals surface area contributed by atoms with Crippen molar-refractivity contribution >= 4 is 17.3 Å². The minimum absolute atomic E-state index is 0.0564. The molecule has 2 N–H and O–H groups in total. The van der Waals surface area contributed by atoms with E-state index >= 15 is 0 Å². The Morgan fingerprint density at radius 1 is 1.03 bits per heavy atom. The second kappa shape index (κ2) is 10.6. The van der Waals surface area contributed by atoms with Crippen molar-refractivity contribution in [1.29, 1.82) is 0 Å². The first-order valence-corrected chi connectivity index (χ1v) is 11.5. The SMILES string of the molecule is O=C(Nc1ccc(N2CCC(NCCC3=CCCCC3)CC2)cc1)c1ccccc1F. The molecule has 0 bridgehead atoms. The number of hydrogen-bond donors (Lipinski definition) is 2. The fourth-order valence-electron chi connectivity index (χ4n) is 4.51. The van der Waals surface area contributed by atoms with E-state index in [0.29, 0.717) is 11.7 Å². The number of piperidine rings is 1. The number of carbonyl (C=O) groups is 1. The summed E-state index contributed by atoms with van der Waals surface area (Å²) in [6.07, 6.45) is 11.2. The number of benzene rings is 2. The van der Waals surface area contributed by atoms with E-state index in [9.17, 15) is 9.18 Å². The van der Waals surface area contributed by atoms with Crippen molar-refractivity contribution in [3.05, 3.63) is 71.6 Å². The lowest BCUT2D eigenvalue weighted by molar-refractivity contribution is 0.102. The van der Waals surface area contributed by atoms with Crippen molar-refractivity contribution in [3.63, 3.8) is 0 Å². The highest BCUT2D eigenvalue weighted by atomic mass is 19.1. The van der Waals surface area contributed by atoms with Gasteiger partial charge in [-0.05, 0) is 87.9 Å². The third-order valence-electron chi connectivity index (χ3n) is 6.37. The van der Waals surface area contributed by atoms with E-state index in [1.807, 2.05) is 24.3 Å². The van der Waals surface area contributed by atoms with Gasteiger partial charge in [0.05, 0.1) is 5.56 Å². The van der Waals surface area contributed by atoms with Gasteiger partial charge in [-0.15, -0.1) is 0 Å². The zero-order valence-corrected chi connectivity index (χ0v) is 18.1. The van der Waals surface area contributed by atoms with Gasteiger partial charge in [-0.2, -0.15) is 0 Å². The molecule has 0 aromatic heterocycles. The first-order valence-electron chi connectivity index (χ1n) is 11.5. The summed E-state index contributed by atoms with van der Waals surface area (Å²) in [4.78, 5) is 14.7. The fraction of sp³-hybridized carbons (Fsp3) is 0.423. The van der Waals surface area contributed by atoms with Crippen LogP contribution in [0, 0.1) is 5.82 Å². The van der Waals surface area contributed by atoms with Gasteiger partial charge in [0.1, 0.15) is 5.82 Å². The van der Waals surface area contributed by atoms with Gasteiger partial charge >= 0.3 is 0 Å². The van der Waals surface area contributed by atoms with E-state index in [1.165, 1.54) is 44.2 Å². The van der Waals surface area contributed by atoms with E-state index in [4.69, 9.17) is 0 Å². The highest BCUT2D eigenvalue weighted by Crippen LogP contribution is 2.23. The quantitative estimate of drug-likeness (QED) is 0.578. The molecule has 0 spiro atoms. The minimum Gasteiger partial charge on any atom is -0.371 e. The third-order valence-corrected chi connectivity index (χ3v) is 6.37. The monoisotopic (exact) mass is 421 g/mol. The molecule has 2 aromatic rings. The van der Waals surface area contributed by atoms with E-state index in [0.717, 1.165) is 38.2 Å². The maximum atomic E-state index is 13.8. The molecule has 164 valence electrons. The number of rotatable bonds is 7. The molecule has 0 atom stereocenters. The predicted molar refractivity (Wildman–Crippen MR) is 125 cm³/mol. The molecule has 1 saturated heterocycles. The summed E-state index contributed by atoms with van der Waals surface area (Å²) in [5.41, 5.74) is 3.53. The Balaban J connectivity index is 1.22. The Kier molecular flexibility index (Phi) is 7.36. The van der Waals surface area contributed by atoms with Crippen LogP contribution in [0.25, 0.3) is 0 Å². The van der Waals surface area contributed by atoms with Gasteiger partial charge in [-0.25, -0.2) is 4.39 Å². The molecule has 1 aliphatic heterocycles. The van der Waals surface area contributed by atoms with E-state index in [1.54, 1.807) is 17.7 Å². The Hall–Kier alpha value is -2.66. The summed E-state index contributed by atoms with van der Waals surface area (Å²) in [6, 6.07) is 14.4. The molecule has 0 radical (unpaired) electrons. The van der Waals surface area contributed by atoms with Gasteiger partial charge in [0.25, 0.3) is 5.91 Å². The third kappa shape index (κ3) is 5.95. The normalized spacial score (nSPS) is 17.3. The van der Waals surface area contributed by atoms with Gasteiger partial charge in [0.15, 0.2) is 0 Å². The topological polar surface area (TPSA) is 44.4 Å². The van der Waals surface area contributed by atoms with Gasteiger partial charge < -0.3 is 15.5 Å². The van der Waals surface area contributed by atoms with Crippen molar-refractivity contribution < 1.29 is 9.18 Å². The molecule has 2 aromatic carbocycles. The van der Waals surface area contributed by atoms with Crippen LogP contribution >= 0.6 is 0 Å². The van der Waals surface area contributed by atoms with Crippen molar-refractivity contribution in [1.82, 2.24) is 5.32 Å². The molecule has 4 rings (SSSR count). The average Bonchev–Trinajstić information content (AvgIpc) is 2.81. The first-order chi connectivity index (χ1) is 15.2. The number of nitrogens with one attached hydrogen (secondary N) is 2. The van der Waals surface area contributed by atoms with Crippen molar-refractivity contribution in [2.45, 2.75) is 51.0 Å². The molecule has 0 unspecified atom stereocenters. The standard InChI is InChI=1S/C26H32FN3O/c27-25-9-5-4-8-24(25)26(31)29-22-10-12-23(13-11-22)30-18-15-21(16-19-30)28-17-14-20-6-2-1-3-7-20/h4-6,8-13,21,28H,1-3,7,14-19H2,(H,29,31). The number of carbonyl (C=O) groups excluding carboxylic acids is 1. The maximum Gasteiger partial charge on any atom is 0.258 e. The maximum absolute atomic E-state index is 13.8. The second-order valence-electron chi connectivity index (χ2n) is 8.55. The summed E-state index contributed by atoms with van der Waals surface area (Å²) in [7, 11) is 0. The summed E-state index contributed by atoms with van der Waals surface area (Å²) in [6.45, 7) is 3.15. The zero-order chi connectivity index (χ0) is 21.5. The number of hydrogen-bond acceptors (Lipinski definition) is 3. The molecule has 2 aliphatic rings. The smallest absolute Gasteiger partial charge is 0.258 e. The van der Waals surface area contributed by atoms with Crippen molar-refractivity contribution in [2.75, 3.05) is 29.9 Å². The minimum atomic E-state index is -0.511. The zero-order valence-electron chi connectivity index (χ0n) is 18.1. The van der Waals surface area contributed by atoms with Crippen LogP contribution in [-0.4, -0.2) is 31.6 Å². The van der Waals surface area contributed by atoms with E-state index < -0.39 is 11.7 Å². The number of amides is 1. The van der Waals surface area contributed by atoms with Crippen LogP contribution in [0.15, 0.2) is 60.2 Å². The summed E-state index contributed by atoms with van der Waals surface area (Å²) in [5, 5.41) is 6.52. The van der Waals surface area contributed by atoms with Crippen LogP contribution in [0.3, 0.4) is 0 Å². The number of halogens is 1.